The van der Waals surface area contributed by atoms with Crippen LogP contribution in [-0.2, 0) is 16.0 Å². The molecule has 2 atom stereocenters. The van der Waals surface area contributed by atoms with Gasteiger partial charge >= 0.3 is 5.97 Å². The lowest BCUT2D eigenvalue weighted by Crippen LogP contribution is -2.40. The summed E-state index contributed by atoms with van der Waals surface area (Å²) >= 11 is 0. The number of hydrogen-bond acceptors (Lipinski definition) is 5. The Bertz CT molecular complexity index is 486. The van der Waals surface area contributed by atoms with Crippen LogP contribution in [0.4, 0.5) is 0 Å². The Morgan fingerprint density at radius 1 is 1.35 bits per heavy atom. The van der Waals surface area contributed by atoms with Crippen LogP contribution < -0.4 is 5.32 Å². The van der Waals surface area contributed by atoms with Crippen LogP contribution in [0.2, 0.25) is 0 Å². The SMILES string of the molecule is Cc1nc(CCNC(=O)C2CCCCC2C(=O)O)no1. The predicted molar refractivity (Wildman–Crippen MR) is 68.8 cm³/mol. The highest BCUT2D eigenvalue weighted by atomic mass is 16.5. The average Bonchev–Trinajstić information content (AvgIpc) is 2.84. The Hall–Kier alpha value is -1.92. The van der Waals surface area contributed by atoms with E-state index in [-0.39, 0.29) is 5.91 Å². The summed E-state index contributed by atoms with van der Waals surface area (Å²) in [7, 11) is 0. The highest BCUT2D eigenvalue weighted by molar-refractivity contribution is 5.84. The normalized spacial score (nSPS) is 22.4. The number of aliphatic carboxylic acids is 1. The fourth-order valence-corrected chi connectivity index (χ4v) is 2.61. The van der Waals surface area contributed by atoms with Gasteiger partial charge < -0.3 is 14.9 Å². The molecule has 1 amide bonds. The molecule has 1 aliphatic rings. The number of carbonyl (C=O) groups is 2. The molecule has 0 spiro atoms. The third-order valence-corrected chi connectivity index (χ3v) is 3.64. The minimum Gasteiger partial charge on any atom is -0.481 e. The molecular formula is C13H19N3O4. The van der Waals surface area contributed by atoms with Crippen LogP contribution in [0.5, 0.6) is 0 Å². The van der Waals surface area contributed by atoms with Crippen molar-refractivity contribution in [3.8, 4) is 0 Å². The third kappa shape index (κ3) is 3.55. The van der Waals surface area contributed by atoms with Crippen molar-refractivity contribution in [2.24, 2.45) is 11.8 Å². The molecule has 0 bridgehead atoms. The minimum atomic E-state index is -0.876. The first-order chi connectivity index (χ1) is 9.58. The second kappa shape index (κ2) is 6.49. The number of aromatic nitrogens is 2. The van der Waals surface area contributed by atoms with Gasteiger partial charge in [0.1, 0.15) is 0 Å². The molecule has 1 heterocycles. The highest BCUT2D eigenvalue weighted by Crippen LogP contribution is 2.30. The van der Waals surface area contributed by atoms with E-state index < -0.39 is 17.8 Å². The van der Waals surface area contributed by atoms with Gasteiger partial charge in [0.05, 0.1) is 11.8 Å². The third-order valence-electron chi connectivity index (χ3n) is 3.64. The molecule has 2 N–H and O–H groups in total. The van der Waals surface area contributed by atoms with Crippen LogP contribution in [0.3, 0.4) is 0 Å². The van der Waals surface area contributed by atoms with E-state index in [1.807, 2.05) is 0 Å². The standard InChI is InChI=1S/C13H19N3O4/c1-8-15-11(16-20-8)6-7-14-12(17)9-4-2-3-5-10(9)13(18)19/h9-10H,2-7H2,1H3,(H,14,17)(H,18,19). The van der Waals surface area contributed by atoms with Crippen molar-refractivity contribution in [3.05, 3.63) is 11.7 Å². The Labute approximate surface area is 116 Å². The fraction of sp³-hybridized carbons (Fsp3) is 0.692. The van der Waals surface area contributed by atoms with Crippen molar-refractivity contribution in [2.75, 3.05) is 6.54 Å². The molecule has 7 nitrogen and oxygen atoms in total. The maximum absolute atomic E-state index is 12.1. The van der Waals surface area contributed by atoms with E-state index in [0.29, 0.717) is 37.5 Å². The summed E-state index contributed by atoms with van der Waals surface area (Å²) in [6, 6.07) is 0. The molecule has 1 saturated carbocycles. The quantitative estimate of drug-likeness (QED) is 0.831. The van der Waals surface area contributed by atoms with E-state index in [1.54, 1.807) is 6.92 Å². The lowest BCUT2D eigenvalue weighted by atomic mass is 9.79. The van der Waals surface area contributed by atoms with Gasteiger partial charge in [-0.3, -0.25) is 9.59 Å². The van der Waals surface area contributed by atoms with E-state index in [1.165, 1.54) is 0 Å². The monoisotopic (exact) mass is 281 g/mol. The summed E-state index contributed by atoms with van der Waals surface area (Å²) < 4.78 is 4.84. The van der Waals surface area contributed by atoms with Crippen molar-refractivity contribution in [2.45, 2.75) is 39.0 Å². The summed E-state index contributed by atoms with van der Waals surface area (Å²) in [4.78, 5) is 27.3. The molecule has 1 fully saturated rings. The zero-order chi connectivity index (χ0) is 14.5. The molecule has 110 valence electrons. The molecule has 7 heteroatoms. The largest absolute Gasteiger partial charge is 0.481 e. The summed E-state index contributed by atoms with van der Waals surface area (Å²) in [6.45, 7) is 2.09. The molecule has 2 rings (SSSR count). The van der Waals surface area contributed by atoms with E-state index in [4.69, 9.17) is 9.63 Å². The van der Waals surface area contributed by atoms with Crippen molar-refractivity contribution in [1.29, 1.82) is 0 Å². The van der Waals surface area contributed by atoms with E-state index in [2.05, 4.69) is 15.5 Å². The van der Waals surface area contributed by atoms with Crippen LogP contribution in [0.1, 0.15) is 37.4 Å². The lowest BCUT2D eigenvalue weighted by molar-refractivity contribution is -0.148. The maximum atomic E-state index is 12.1. The molecule has 2 unspecified atom stereocenters. The molecule has 0 radical (unpaired) electrons. The first kappa shape index (κ1) is 14.5. The number of amides is 1. The van der Waals surface area contributed by atoms with Gasteiger partial charge in [-0.25, -0.2) is 0 Å². The molecule has 0 saturated heterocycles. The van der Waals surface area contributed by atoms with E-state index in [0.717, 1.165) is 12.8 Å². The van der Waals surface area contributed by atoms with Crippen molar-refractivity contribution >= 4 is 11.9 Å². The van der Waals surface area contributed by atoms with Gasteiger partial charge in [-0.1, -0.05) is 18.0 Å². The Morgan fingerprint density at radius 3 is 2.65 bits per heavy atom. The van der Waals surface area contributed by atoms with Gasteiger partial charge in [-0.05, 0) is 12.8 Å². The molecule has 1 aromatic heterocycles. The van der Waals surface area contributed by atoms with Crippen LogP contribution in [-0.4, -0.2) is 33.7 Å². The van der Waals surface area contributed by atoms with Gasteiger partial charge in [0.15, 0.2) is 5.82 Å². The van der Waals surface area contributed by atoms with Gasteiger partial charge in [-0.15, -0.1) is 0 Å². The molecule has 1 aromatic rings. The average molecular weight is 281 g/mol. The number of carboxylic acid groups (broad SMARTS) is 1. The van der Waals surface area contributed by atoms with Gasteiger partial charge in [0.25, 0.3) is 0 Å². The smallest absolute Gasteiger partial charge is 0.307 e. The fourth-order valence-electron chi connectivity index (χ4n) is 2.61. The van der Waals surface area contributed by atoms with Crippen LogP contribution in [0, 0.1) is 18.8 Å². The summed E-state index contributed by atoms with van der Waals surface area (Å²) in [5.41, 5.74) is 0. The zero-order valence-electron chi connectivity index (χ0n) is 11.5. The molecule has 20 heavy (non-hydrogen) atoms. The highest BCUT2D eigenvalue weighted by Gasteiger charge is 2.35. The van der Waals surface area contributed by atoms with Crippen molar-refractivity contribution < 1.29 is 19.2 Å². The van der Waals surface area contributed by atoms with Gasteiger partial charge in [0, 0.05) is 19.9 Å². The van der Waals surface area contributed by atoms with Crippen molar-refractivity contribution in [3.63, 3.8) is 0 Å². The molecule has 1 aliphatic carbocycles. The number of nitrogens with zero attached hydrogens (tertiary/aromatic N) is 2. The summed E-state index contributed by atoms with van der Waals surface area (Å²) in [5.74, 6) is -1.01. The van der Waals surface area contributed by atoms with Gasteiger partial charge in [-0.2, -0.15) is 4.98 Å². The van der Waals surface area contributed by atoms with Crippen molar-refractivity contribution in [1.82, 2.24) is 15.5 Å². The first-order valence-electron chi connectivity index (χ1n) is 6.87. The van der Waals surface area contributed by atoms with Crippen LogP contribution in [0.15, 0.2) is 4.52 Å². The maximum Gasteiger partial charge on any atom is 0.307 e. The topological polar surface area (TPSA) is 105 Å². The lowest BCUT2D eigenvalue weighted by Gasteiger charge is -2.27. The molecular weight excluding hydrogens is 262 g/mol. The second-order valence-electron chi connectivity index (χ2n) is 5.11. The number of rotatable bonds is 5. The Morgan fingerprint density at radius 2 is 2.05 bits per heavy atom. The second-order valence-corrected chi connectivity index (χ2v) is 5.11. The summed E-state index contributed by atoms with van der Waals surface area (Å²) in [5, 5.41) is 15.7. The number of carbonyl (C=O) groups excluding carboxylic acids is 1. The number of aryl methyl sites for hydroxylation is 1. The van der Waals surface area contributed by atoms with Crippen LogP contribution >= 0.6 is 0 Å². The minimum absolute atomic E-state index is 0.183. The number of carboxylic acids is 1. The predicted octanol–water partition coefficient (Wildman–Crippen LogP) is 0.928. The van der Waals surface area contributed by atoms with Gasteiger partial charge in [0.2, 0.25) is 11.8 Å². The molecule has 0 aliphatic heterocycles. The first-order valence-corrected chi connectivity index (χ1v) is 6.87. The number of hydrogen-bond donors (Lipinski definition) is 2. The van der Waals surface area contributed by atoms with E-state index >= 15 is 0 Å². The summed E-state index contributed by atoms with van der Waals surface area (Å²) in [6.07, 6.45) is 3.49. The van der Waals surface area contributed by atoms with Crippen LogP contribution in [0.25, 0.3) is 0 Å². The number of nitrogens with one attached hydrogen (secondary N) is 1. The Kier molecular flexibility index (Phi) is 4.70. The Balaban J connectivity index is 1.82. The zero-order valence-corrected chi connectivity index (χ0v) is 11.5. The van der Waals surface area contributed by atoms with E-state index in [9.17, 15) is 9.59 Å². The molecule has 0 aromatic carbocycles.